The van der Waals surface area contributed by atoms with Gasteiger partial charge in [-0.15, -0.1) is 0 Å². The molecule has 482 valence electrons. The van der Waals surface area contributed by atoms with Crippen LogP contribution in [0.15, 0.2) is 97.1 Å². The van der Waals surface area contributed by atoms with Gasteiger partial charge >= 0.3 is 42.9 Å². The van der Waals surface area contributed by atoms with E-state index in [-0.39, 0.29) is 72.7 Å². The summed E-state index contributed by atoms with van der Waals surface area (Å²) in [6.07, 6.45) is -18.1. The van der Waals surface area contributed by atoms with Gasteiger partial charge < -0.3 is 34.9 Å². The van der Waals surface area contributed by atoms with Crippen LogP contribution in [0.3, 0.4) is 0 Å². The molecule has 2 fully saturated rings. The van der Waals surface area contributed by atoms with Gasteiger partial charge in [-0.2, -0.15) is 52.7 Å². The first-order valence-corrected chi connectivity index (χ1v) is 28.0. The van der Waals surface area contributed by atoms with Crippen LogP contribution in [0, 0.1) is 0 Å². The number of alkyl halides is 12. The lowest BCUT2D eigenvalue weighted by Crippen LogP contribution is -2.52. The maximum absolute atomic E-state index is 13.4. The zero-order valence-electron chi connectivity index (χ0n) is 48.8. The van der Waals surface area contributed by atoms with Crippen LogP contribution in [0.25, 0.3) is 0 Å². The number of carbonyl (C=O) groups is 5. The second-order valence-electron chi connectivity index (χ2n) is 22.2. The van der Waals surface area contributed by atoms with Crippen molar-refractivity contribution in [2.75, 3.05) is 33.5 Å². The summed E-state index contributed by atoms with van der Waals surface area (Å²) in [5.74, 6) is -0.279. The monoisotopic (exact) mass is 1270 g/mol. The number of ketones is 1. The molecule has 14 nitrogen and oxygen atoms in total. The number of hydrogen-bond donors (Lipinski definition) is 5. The normalized spacial score (nSPS) is 19.7. The van der Waals surface area contributed by atoms with Crippen LogP contribution in [0.5, 0.6) is 0 Å². The quantitative estimate of drug-likeness (QED) is 0.0390. The van der Waals surface area contributed by atoms with Crippen LogP contribution in [0.1, 0.15) is 156 Å². The molecular formula is C60H72ClF12N5O9. The lowest BCUT2D eigenvalue weighted by atomic mass is 9.68. The van der Waals surface area contributed by atoms with Crippen molar-refractivity contribution in [1.29, 1.82) is 0 Å². The molecule has 2 aliphatic carbocycles. The Hall–Kier alpha value is -6.64. The van der Waals surface area contributed by atoms with Gasteiger partial charge in [-0.3, -0.25) is 9.59 Å². The van der Waals surface area contributed by atoms with E-state index in [1.54, 1.807) is 27.7 Å². The Kier molecular flexibility index (Phi) is 26.4. The third kappa shape index (κ3) is 23.8. The number of hydrogen-bond acceptors (Lipinski definition) is 9. The first kappa shape index (κ1) is 72.8. The van der Waals surface area contributed by atoms with Crippen molar-refractivity contribution in [2.45, 2.75) is 165 Å². The molecule has 4 aromatic rings. The third-order valence-corrected chi connectivity index (χ3v) is 14.7. The maximum Gasteiger partial charge on any atom is 0.426 e. The number of nitrogens with one attached hydrogen (secondary N) is 5. The van der Waals surface area contributed by atoms with E-state index >= 15 is 0 Å². The molecule has 0 bridgehead atoms. The van der Waals surface area contributed by atoms with Crippen LogP contribution in [-0.4, -0.2) is 80.3 Å². The predicted octanol–water partition coefficient (Wildman–Crippen LogP) is 14.8. The fourth-order valence-electron chi connectivity index (χ4n) is 9.69. The van der Waals surface area contributed by atoms with Gasteiger partial charge in [-0.25, -0.2) is 25.2 Å². The van der Waals surface area contributed by atoms with E-state index < -0.39 is 93.8 Å². The largest absolute Gasteiger partial charge is 0.443 e. The van der Waals surface area contributed by atoms with Crippen LogP contribution >= 0.6 is 11.6 Å². The van der Waals surface area contributed by atoms with E-state index in [9.17, 15) is 76.7 Å². The summed E-state index contributed by atoms with van der Waals surface area (Å²) in [4.78, 5) is 57.4. The molecule has 0 heterocycles. The van der Waals surface area contributed by atoms with Gasteiger partial charge in [0, 0.05) is 36.4 Å². The zero-order chi connectivity index (χ0) is 65.2. The Morgan fingerprint density at radius 3 is 1.22 bits per heavy atom. The van der Waals surface area contributed by atoms with Crippen molar-refractivity contribution in [3.63, 3.8) is 0 Å². The molecule has 27 heteroatoms. The average molecular weight is 1270 g/mol. The predicted molar refractivity (Wildman–Crippen MR) is 298 cm³/mol. The minimum Gasteiger partial charge on any atom is -0.443 e. The SMILES string of the molecule is CCC(=O)Cl.COCC(=O)CNC(=O)NC1CCC(CO[C@H](C)c2cc(C(F)(F)F)cc(C(F)(F)F)c2)(c2ccccc2)CC1.C[C@@H](OCC1(c2ccccc2)CCC(NC(=O)NNC(=O)OC(C)(C)C)CC1)c1cc(C(F)(F)F)cc(C(F)(F)F)c1. The first-order chi connectivity index (χ1) is 40.4. The molecule has 0 aromatic heterocycles. The number of benzene rings is 4. The fourth-order valence-corrected chi connectivity index (χ4v) is 9.69. The summed E-state index contributed by atoms with van der Waals surface area (Å²) < 4.78 is 182. The Morgan fingerprint density at radius 2 is 0.908 bits per heavy atom. The lowest BCUT2D eigenvalue weighted by Gasteiger charge is -2.41. The highest BCUT2D eigenvalue weighted by Gasteiger charge is 2.43. The molecule has 2 saturated carbocycles. The number of rotatable bonds is 17. The molecule has 5 N–H and O–H groups in total. The topological polar surface area (TPSA) is 182 Å². The summed E-state index contributed by atoms with van der Waals surface area (Å²) in [6, 6.07) is 20.0. The van der Waals surface area contributed by atoms with E-state index in [0.29, 0.717) is 82.1 Å². The lowest BCUT2D eigenvalue weighted by molar-refractivity contribution is -0.145. The Morgan fingerprint density at radius 1 is 0.563 bits per heavy atom. The second kappa shape index (κ2) is 31.5. The molecule has 87 heavy (non-hydrogen) atoms. The summed E-state index contributed by atoms with van der Waals surface area (Å²) in [5.41, 5.74) is -1.69. The summed E-state index contributed by atoms with van der Waals surface area (Å²) in [7, 11) is 1.38. The Balaban J connectivity index is 0.000000346. The van der Waals surface area contributed by atoms with Crippen molar-refractivity contribution in [3.05, 3.63) is 142 Å². The summed E-state index contributed by atoms with van der Waals surface area (Å²) in [5, 5.41) is 7.84. The van der Waals surface area contributed by atoms with E-state index in [4.69, 9.17) is 30.5 Å². The average Bonchev–Trinajstić information content (AvgIpc) is 1.45. The van der Waals surface area contributed by atoms with Crippen LogP contribution in [-0.2, 0) is 64.1 Å². The smallest absolute Gasteiger partial charge is 0.426 e. The molecule has 0 radical (unpaired) electrons. The Bertz CT molecular complexity index is 2810. The number of carbonyl (C=O) groups excluding carboxylic acids is 5. The summed E-state index contributed by atoms with van der Waals surface area (Å²) in [6.45, 7) is 9.41. The van der Waals surface area contributed by atoms with Crippen molar-refractivity contribution >= 4 is 40.8 Å². The summed E-state index contributed by atoms with van der Waals surface area (Å²) >= 11 is 4.82. The van der Waals surface area contributed by atoms with Crippen molar-refractivity contribution < 1.29 is 95.6 Å². The van der Waals surface area contributed by atoms with Gasteiger partial charge in [0.05, 0.1) is 54.2 Å². The fraction of sp³-hybridized carbons (Fsp3) is 0.517. The van der Waals surface area contributed by atoms with Gasteiger partial charge in [0.1, 0.15) is 12.2 Å². The number of methoxy groups -OCH3 is 1. The number of urea groups is 2. The van der Waals surface area contributed by atoms with Crippen LogP contribution < -0.4 is 26.8 Å². The molecule has 0 aliphatic heterocycles. The van der Waals surface area contributed by atoms with Crippen LogP contribution in [0.2, 0.25) is 0 Å². The number of amides is 5. The number of halogens is 13. The highest BCUT2D eigenvalue weighted by molar-refractivity contribution is 6.63. The van der Waals surface area contributed by atoms with E-state index in [1.165, 1.54) is 21.0 Å². The van der Waals surface area contributed by atoms with Gasteiger partial charge in [-0.05, 0) is 156 Å². The third-order valence-electron chi connectivity index (χ3n) is 14.4. The van der Waals surface area contributed by atoms with E-state index in [0.717, 1.165) is 11.1 Å². The minimum absolute atomic E-state index is 0.0366. The van der Waals surface area contributed by atoms with Gasteiger partial charge in [0.25, 0.3) is 0 Å². The highest BCUT2D eigenvalue weighted by Crippen LogP contribution is 2.45. The van der Waals surface area contributed by atoms with E-state index in [1.807, 2.05) is 60.7 Å². The van der Waals surface area contributed by atoms with Crippen molar-refractivity contribution in [1.82, 2.24) is 26.8 Å². The van der Waals surface area contributed by atoms with Crippen molar-refractivity contribution in [2.24, 2.45) is 0 Å². The molecular weight excluding hydrogens is 1200 g/mol. The standard InChI is InChI=1S/C29H35F6N3O4.C28H32F6N2O4.C3H5ClO/c1-18(19-14-21(28(30,31)32)16-22(15-19)29(33,34)35)41-17-27(20-8-6-5-7-9-20)12-10-23(11-13-27)36-24(39)37-38-25(40)42-26(2,3)4;1-18(19-12-21(27(29,30)31)14-22(13-19)28(32,33)34)40-17-26(20-6-4-3-5-7-20)10-8-23(9-11-26)36-25(38)35-15-24(37)16-39-2;1-2-3(4)5/h5-9,14-16,18,23H,10-13,17H2,1-4H3,(H,38,40)(H2,36,37,39);3-7,12-14,18,23H,8-11,15-17H2,1-2H3,(H2,35,36,38);2H2,1H3/t18-,23?,27?;18-,23?,26?;/m11./s1. The first-order valence-electron chi connectivity index (χ1n) is 27.6. The molecule has 2 atom stereocenters. The molecule has 0 spiro atoms. The maximum atomic E-state index is 13.4. The van der Waals surface area contributed by atoms with Gasteiger partial charge in [0.2, 0.25) is 5.24 Å². The minimum atomic E-state index is -4.96. The highest BCUT2D eigenvalue weighted by atomic mass is 35.5. The van der Waals surface area contributed by atoms with Crippen LogP contribution in [0.4, 0.5) is 67.1 Å². The van der Waals surface area contributed by atoms with Crippen molar-refractivity contribution in [3.8, 4) is 0 Å². The molecule has 4 aromatic carbocycles. The van der Waals surface area contributed by atoms with Gasteiger partial charge in [-0.1, -0.05) is 67.6 Å². The zero-order valence-corrected chi connectivity index (χ0v) is 49.6. The molecule has 5 amide bonds. The molecule has 2 aliphatic rings. The Labute approximate surface area is 501 Å². The van der Waals surface area contributed by atoms with E-state index in [2.05, 4.69) is 26.8 Å². The number of ether oxygens (including phenoxy) is 4. The number of hydrazine groups is 1. The molecule has 6 rings (SSSR count). The second-order valence-corrected chi connectivity index (χ2v) is 22.6. The molecule has 0 saturated heterocycles. The molecule has 0 unspecified atom stereocenters. The van der Waals surface area contributed by atoms with Gasteiger partial charge in [0.15, 0.2) is 5.78 Å². The number of Topliss-reactive ketones (excluding diaryl/α,β-unsaturated/α-hetero) is 1.